The average Bonchev–Trinajstić information content (AvgIpc) is 3.16. The minimum absolute atomic E-state index is 0.0269. The Kier molecular flexibility index (Phi) is 20.2. The van der Waals surface area contributed by atoms with Crippen molar-refractivity contribution in [1.82, 2.24) is 31.9 Å². The van der Waals surface area contributed by atoms with E-state index < -0.39 is 78.2 Å². The number of aliphatic hydroxyl groups is 1. The first kappa shape index (κ1) is 45.0. The van der Waals surface area contributed by atoms with Crippen molar-refractivity contribution in [1.29, 1.82) is 0 Å². The molecule has 15 heteroatoms. The number of unbranched alkanes of at least 4 members (excludes halogenated alkanes) is 2. The SMILES string of the molecule is CCCCC(NC(=O)[C@H](C)NC(=O)[C@H](C)NC(=O)OCc1ccccc1)C(O)C(CCCC)NC(=O)[C@H](C)NC(=O)[C@H](C)NC(=O)OCc1ccccc1. The van der Waals surface area contributed by atoms with E-state index in [1.807, 2.05) is 50.2 Å². The van der Waals surface area contributed by atoms with Gasteiger partial charge in [0.05, 0.1) is 18.2 Å². The lowest BCUT2D eigenvalue weighted by Gasteiger charge is -2.33. The standard InChI is InChI=1S/C39H58N6O9/c1-7-9-21-31(44-36(49)25(3)40-34(47)27(5)42-38(51)53-23-29-17-13-11-14-18-29)33(46)32(22-10-8-2)45-37(50)26(4)41-35(48)28(6)43-39(52)54-24-30-19-15-12-16-20-30/h11-20,25-28,31-33,46H,7-10,21-24H2,1-6H3,(H,40,47)(H,41,48)(H,42,51)(H,43,52)(H,44,49)(H,45,50)/t25-,26-,27-,28-,31?,32?,33?/m0/s1. The summed E-state index contributed by atoms with van der Waals surface area (Å²) in [6.45, 7) is 9.87. The van der Waals surface area contributed by atoms with E-state index in [1.165, 1.54) is 27.7 Å². The Balaban J connectivity index is 1.95. The smallest absolute Gasteiger partial charge is 0.408 e. The molecule has 6 atom stereocenters. The van der Waals surface area contributed by atoms with Crippen LogP contribution in [0.2, 0.25) is 0 Å². The lowest BCUT2D eigenvalue weighted by Crippen LogP contribution is -2.59. The zero-order valence-electron chi connectivity index (χ0n) is 32.2. The molecule has 6 amide bonds. The second-order valence-electron chi connectivity index (χ2n) is 13.3. The molecule has 0 spiro atoms. The molecule has 0 bridgehead atoms. The number of carbonyl (C=O) groups excluding carboxylic acids is 6. The monoisotopic (exact) mass is 754 g/mol. The molecule has 0 saturated carbocycles. The van der Waals surface area contributed by atoms with Gasteiger partial charge in [0, 0.05) is 0 Å². The first-order chi connectivity index (χ1) is 25.7. The summed E-state index contributed by atoms with van der Waals surface area (Å²) in [6.07, 6.45) is 0.866. The highest BCUT2D eigenvalue weighted by Crippen LogP contribution is 2.14. The minimum Gasteiger partial charge on any atom is -0.445 e. The van der Waals surface area contributed by atoms with Crippen molar-refractivity contribution in [2.45, 2.75) is 136 Å². The third-order valence-electron chi connectivity index (χ3n) is 8.60. The molecule has 0 saturated heterocycles. The maximum Gasteiger partial charge on any atom is 0.408 e. The maximum absolute atomic E-state index is 13.3. The average molecular weight is 755 g/mol. The lowest BCUT2D eigenvalue weighted by atomic mass is 9.94. The number of hydrogen-bond donors (Lipinski definition) is 7. The van der Waals surface area contributed by atoms with Crippen molar-refractivity contribution in [2.75, 3.05) is 0 Å². The molecule has 0 aromatic heterocycles. The van der Waals surface area contributed by atoms with Crippen LogP contribution in [0.1, 0.15) is 91.2 Å². The first-order valence-electron chi connectivity index (χ1n) is 18.6. The third kappa shape index (κ3) is 16.7. The number of alkyl carbamates (subject to hydrolysis) is 2. The van der Waals surface area contributed by atoms with E-state index in [0.717, 1.165) is 24.0 Å². The molecular weight excluding hydrogens is 696 g/mol. The fraction of sp³-hybridized carbons (Fsp3) is 0.538. The zero-order chi connectivity index (χ0) is 40.0. The predicted molar refractivity (Wildman–Crippen MR) is 203 cm³/mol. The normalized spacial score (nSPS) is 14.7. The number of ether oxygens (including phenoxy) is 2. The van der Waals surface area contributed by atoms with Gasteiger partial charge in [-0.2, -0.15) is 0 Å². The van der Waals surface area contributed by atoms with Crippen LogP contribution < -0.4 is 31.9 Å². The molecule has 0 aliphatic carbocycles. The zero-order valence-corrected chi connectivity index (χ0v) is 32.2. The van der Waals surface area contributed by atoms with E-state index >= 15 is 0 Å². The predicted octanol–water partition coefficient (Wildman–Crippen LogP) is 3.34. The van der Waals surface area contributed by atoms with E-state index in [9.17, 15) is 33.9 Å². The molecule has 0 fully saturated rings. The molecule has 7 N–H and O–H groups in total. The number of benzene rings is 2. The number of nitrogens with one attached hydrogen (secondary N) is 6. The van der Waals surface area contributed by atoms with Gasteiger partial charge in [-0.05, 0) is 51.7 Å². The van der Waals surface area contributed by atoms with Crippen LogP contribution in [0.5, 0.6) is 0 Å². The number of aliphatic hydroxyl groups excluding tert-OH is 1. The van der Waals surface area contributed by atoms with Gasteiger partial charge >= 0.3 is 12.2 Å². The van der Waals surface area contributed by atoms with Crippen molar-refractivity contribution < 1.29 is 43.3 Å². The van der Waals surface area contributed by atoms with Crippen molar-refractivity contribution >= 4 is 35.8 Å². The van der Waals surface area contributed by atoms with Gasteiger partial charge in [0.1, 0.15) is 37.4 Å². The molecule has 0 radical (unpaired) electrons. The summed E-state index contributed by atoms with van der Waals surface area (Å²) >= 11 is 0. The number of rotatable bonds is 22. The Morgan fingerprint density at radius 3 is 1.17 bits per heavy atom. The highest BCUT2D eigenvalue weighted by molar-refractivity contribution is 5.92. The van der Waals surface area contributed by atoms with Crippen LogP contribution in [0.15, 0.2) is 60.7 Å². The summed E-state index contributed by atoms with van der Waals surface area (Å²) in [5, 5.41) is 27.3. The van der Waals surface area contributed by atoms with Crippen LogP contribution in [0, 0.1) is 0 Å². The van der Waals surface area contributed by atoms with Gasteiger partial charge < -0.3 is 46.5 Å². The fourth-order valence-corrected chi connectivity index (χ4v) is 5.22. The summed E-state index contributed by atoms with van der Waals surface area (Å²) in [5.41, 5.74) is 1.57. The quantitative estimate of drug-likeness (QED) is 0.0938. The maximum atomic E-state index is 13.3. The van der Waals surface area contributed by atoms with Gasteiger partial charge in [0.25, 0.3) is 0 Å². The lowest BCUT2D eigenvalue weighted by molar-refractivity contribution is -0.131. The van der Waals surface area contributed by atoms with E-state index in [4.69, 9.17) is 9.47 Å². The summed E-state index contributed by atoms with van der Waals surface area (Å²) < 4.78 is 10.3. The van der Waals surface area contributed by atoms with Crippen LogP contribution in [-0.2, 0) is 41.9 Å². The Bertz CT molecular complexity index is 1370. The van der Waals surface area contributed by atoms with Crippen LogP contribution in [0.4, 0.5) is 9.59 Å². The van der Waals surface area contributed by atoms with Gasteiger partial charge in [-0.3, -0.25) is 19.2 Å². The summed E-state index contributed by atoms with van der Waals surface area (Å²) in [4.78, 5) is 76.6. The van der Waals surface area contributed by atoms with Gasteiger partial charge in [-0.1, -0.05) is 100 Å². The molecule has 0 aliphatic rings. The van der Waals surface area contributed by atoms with Crippen LogP contribution in [0.25, 0.3) is 0 Å². The Hall–Kier alpha value is -5.18. The third-order valence-corrected chi connectivity index (χ3v) is 8.60. The van der Waals surface area contributed by atoms with E-state index in [1.54, 1.807) is 24.3 Å². The van der Waals surface area contributed by atoms with Gasteiger partial charge in [-0.25, -0.2) is 9.59 Å². The Morgan fingerprint density at radius 2 is 0.833 bits per heavy atom. The molecule has 2 aromatic rings. The second-order valence-corrected chi connectivity index (χ2v) is 13.3. The molecule has 0 heterocycles. The van der Waals surface area contributed by atoms with E-state index in [0.29, 0.717) is 25.7 Å². The van der Waals surface area contributed by atoms with Crippen LogP contribution >= 0.6 is 0 Å². The summed E-state index contributed by atoms with van der Waals surface area (Å²) in [6, 6.07) is 12.5. The largest absolute Gasteiger partial charge is 0.445 e. The fourth-order valence-electron chi connectivity index (χ4n) is 5.22. The number of amides is 6. The molecular formula is C39H58N6O9. The van der Waals surface area contributed by atoms with Crippen LogP contribution in [0.3, 0.4) is 0 Å². The molecule has 54 heavy (non-hydrogen) atoms. The van der Waals surface area contributed by atoms with E-state index in [-0.39, 0.29) is 13.2 Å². The van der Waals surface area contributed by atoms with Crippen molar-refractivity contribution in [3.8, 4) is 0 Å². The van der Waals surface area contributed by atoms with Crippen molar-refractivity contribution in [2.24, 2.45) is 0 Å². The van der Waals surface area contributed by atoms with Crippen molar-refractivity contribution in [3.05, 3.63) is 71.8 Å². The summed E-state index contributed by atoms with van der Waals surface area (Å²) in [5.74, 6) is -2.35. The van der Waals surface area contributed by atoms with Crippen molar-refractivity contribution in [3.63, 3.8) is 0 Å². The molecule has 2 aromatic carbocycles. The Labute approximate surface area is 318 Å². The molecule has 0 aliphatic heterocycles. The first-order valence-corrected chi connectivity index (χ1v) is 18.6. The van der Waals surface area contributed by atoms with Gasteiger partial charge in [0.2, 0.25) is 23.6 Å². The summed E-state index contributed by atoms with van der Waals surface area (Å²) in [7, 11) is 0. The second kappa shape index (κ2) is 24.2. The Morgan fingerprint density at radius 1 is 0.519 bits per heavy atom. The highest BCUT2D eigenvalue weighted by Gasteiger charge is 2.33. The minimum atomic E-state index is -1.21. The van der Waals surface area contributed by atoms with Gasteiger partial charge in [0.15, 0.2) is 0 Å². The molecule has 15 nitrogen and oxygen atoms in total. The number of hydrogen-bond acceptors (Lipinski definition) is 9. The number of carbonyl (C=O) groups is 6. The molecule has 298 valence electrons. The van der Waals surface area contributed by atoms with E-state index in [2.05, 4.69) is 31.9 Å². The molecule has 2 unspecified atom stereocenters. The highest BCUT2D eigenvalue weighted by atomic mass is 16.6. The van der Waals surface area contributed by atoms with Gasteiger partial charge in [-0.15, -0.1) is 0 Å². The molecule has 2 rings (SSSR count). The van der Waals surface area contributed by atoms with Crippen LogP contribution in [-0.4, -0.2) is 83.3 Å². The topological polar surface area (TPSA) is 213 Å².